The molecule has 2 rings (SSSR count). The Kier molecular flexibility index (Phi) is 4.18. The predicted molar refractivity (Wildman–Crippen MR) is 71.1 cm³/mol. The van der Waals surface area contributed by atoms with Gasteiger partial charge in [-0.15, -0.1) is 11.3 Å². The number of piperidine rings is 1. The van der Waals surface area contributed by atoms with Crippen LogP contribution < -0.4 is 10.6 Å². The van der Waals surface area contributed by atoms with E-state index in [1.165, 1.54) is 11.3 Å². The van der Waals surface area contributed by atoms with Crippen LogP contribution in [0.5, 0.6) is 0 Å². The lowest BCUT2D eigenvalue weighted by Gasteiger charge is -2.28. The van der Waals surface area contributed by atoms with Crippen LogP contribution in [0, 0.1) is 5.92 Å². The molecule has 94 valence electrons. The fourth-order valence-electron chi connectivity index (χ4n) is 2.23. The first-order chi connectivity index (χ1) is 8.16. The van der Waals surface area contributed by atoms with E-state index in [1.807, 2.05) is 18.4 Å². The number of hydrogen-bond acceptors (Lipinski definition) is 3. The predicted octanol–water partition coefficient (Wildman–Crippen LogP) is 2.31. The van der Waals surface area contributed by atoms with Crippen molar-refractivity contribution in [3.8, 4) is 0 Å². The molecule has 1 fully saturated rings. The van der Waals surface area contributed by atoms with Crippen LogP contribution >= 0.6 is 11.3 Å². The van der Waals surface area contributed by atoms with E-state index in [1.54, 1.807) is 11.3 Å². The van der Waals surface area contributed by atoms with Crippen LogP contribution in [0.25, 0.3) is 0 Å². The van der Waals surface area contributed by atoms with Crippen molar-refractivity contribution in [3.63, 3.8) is 0 Å². The molecule has 1 aliphatic rings. The van der Waals surface area contributed by atoms with Crippen LogP contribution in [0.15, 0.2) is 17.5 Å². The molecule has 1 amide bonds. The normalized spacial score (nSPS) is 26.5. The molecule has 1 aromatic rings. The third-order valence-electron chi connectivity index (χ3n) is 3.31. The summed E-state index contributed by atoms with van der Waals surface area (Å²) in [5.41, 5.74) is 0. The van der Waals surface area contributed by atoms with E-state index in [0.29, 0.717) is 5.92 Å². The molecule has 4 heteroatoms. The van der Waals surface area contributed by atoms with Gasteiger partial charge in [0.15, 0.2) is 0 Å². The van der Waals surface area contributed by atoms with Gasteiger partial charge in [-0.2, -0.15) is 0 Å². The third kappa shape index (κ3) is 3.30. The topological polar surface area (TPSA) is 41.1 Å². The Bertz CT molecular complexity index is 364. The smallest absolute Gasteiger partial charge is 0.237 e. The maximum absolute atomic E-state index is 12.1. The first-order valence-corrected chi connectivity index (χ1v) is 7.12. The highest BCUT2D eigenvalue weighted by molar-refractivity contribution is 7.10. The summed E-state index contributed by atoms with van der Waals surface area (Å²) in [6.45, 7) is 5.20. The molecule has 0 spiro atoms. The molecule has 1 aliphatic heterocycles. The fourth-order valence-corrected chi connectivity index (χ4v) is 2.96. The zero-order valence-corrected chi connectivity index (χ0v) is 11.2. The average Bonchev–Trinajstić information content (AvgIpc) is 2.82. The average molecular weight is 252 g/mol. The summed E-state index contributed by atoms with van der Waals surface area (Å²) in [4.78, 5) is 13.3. The van der Waals surface area contributed by atoms with E-state index in [2.05, 4.69) is 23.6 Å². The number of nitrogens with one attached hydrogen (secondary N) is 2. The Labute approximate surface area is 107 Å². The highest BCUT2D eigenvalue weighted by atomic mass is 32.1. The standard InChI is InChI=1S/C13H20N2OS/c1-9-5-6-14-11(8-9)13(16)15-10(2)12-4-3-7-17-12/h3-4,7,9-11,14H,5-6,8H2,1-2H3,(H,15,16)/t9?,10-,11?/m0/s1. The van der Waals surface area contributed by atoms with E-state index in [-0.39, 0.29) is 18.0 Å². The Morgan fingerprint density at radius 2 is 2.47 bits per heavy atom. The molecule has 0 radical (unpaired) electrons. The first-order valence-electron chi connectivity index (χ1n) is 6.24. The van der Waals surface area contributed by atoms with E-state index in [4.69, 9.17) is 0 Å². The van der Waals surface area contributed by atoms with Crippen molar-refractivity contribution in [2.24, 2.45) is 5.92 Å². The van der Waals surface area contributed by atoms with Crippen molar-refractivity contribution in [3.05, 3.63) is 22.4 Å². The lowest BCUT2D eigenvalue weighted by atomic mass is 9.94. The van der Waals surface area contributed by atoms with Gasteiger partial charge in [-0.05, 0) is 43.7 Å². The molecule has 2 heterocycles. The molecular weight excluding hydrogens is 232 g/mol. The largest absolute Gasteiger partial charge is 0.347 e. The Morgan fingerprint density at radius 1 is 1.65 bits per heavy atom. The summed E-state index contributed by atoms with van der Waals surface area (Å²) in [5, 5.41) is 8.41. The second-order valence-corrected chi connectivity index (χ2v) is 5.86. The van der Waals surface area contributed by atoms with Gasteiger partial charge in [0.2, 0.25) is 5.91 Å². The van der Waals surface area contributed by atoms with Gasteiger partial charge in [0, 0.05) is 4.88 Å². The zero-order valence-electron chi connectivity index (χ0n) is 10.4. The molecule has 0 aliphatic carbocycles. The van der Waals surface area contributed by atoms with Crippen LogP contribution in [-0.4, -0.2) is 18.5 Å². The molecule has 2 N–H and O–H groups in total. The molecule has 0 aromatic carbocycles. The number of hydrogen-bond donors (Lipinski definition) is 2. The minimum absolute atomic E-state index is 0.0128. The molecule has 2 unspecified atom stereocenters. The van der Waals surface area contributed by atoms with Crippen LogP contribution in [0.3, 0.4) is 0 Å². The van der Waals surface area contributed by atoms with Crippen LogP contribution in [0.4, 0.5) is 0 Å². The maximum Gasteiger partial charge on any atom is 0.237 e. The van der Waals surface area contributed by atoms with E-state index >= 15 is 0 Å². The summed E-state index contributed by atoms with van der Waals surface area (Å²) in [6.07, 6.45) is 2.12. The Hall–Kier alpha value is -0.870. The maximum atomic E-state index is 12.1. The Balaban J connectivity index is 1.88. The SMILES string of the molecule is CC1CCNC(C(=O)N[C@@H](C)c2cccs2)C1. The molecule has 1 saturated heterocycles. The minimum Gasteiger partial charge on any atom is -0.347 e. The molecule has 17 heavy (non-hydrogen) atoms. The number of carbonyl (C=O) groups excluding carboxylic acids is 1. The van der Waals surface area contributed by atoms with Gasteiger partial charge in [0.25, 0.3) is 0 Å². The van der Waals surface area contributed by atoms with Crippen LogP contribution in [0.1, 0.15) is 37.6 Å². The molecule has 0 bridgehead atoms. The van der Waals surface area contributed by atoms with Crippen LogP contribution in [-0.2, 0) is 4.79 Å². The van der Waals surface area contributed by atoms with E-state index in [0.717, 1.165) is 13.0 Å². The number of thiophene rings is 1. The van der Waals surface area contributed by atoms with Gasteiger partial charge in [0.1, 0.15) is 0 Å². The zero-order chi connectivity index (χ0) is 12.3. The summed E-state index contributed by atoms with van der Waals surface area (Å²) >= 11 is 1.69. The minimum atomic E-state index is -0.0128. The van der Waals surface area contributed by atoms with Gasteiger partial charge in [-0.1, -0.05) is 13.0 Å². The van der Waals surface area contributed by atoms with Crippen LogP contribution in [0.2, 0.25) is 0 Å². The van der Waals surface area contributed by atoms with Gasteiger partial charge >= 0.3 is 0 Å². The van der Waals surface area contributed by atoms with E-state index in [9.17, 15) is 4.79 Å². The Morgan fingerprint density at radius 3 is 3.12 bits per heavy atom. The fraction of sp³-hybridized carbons (Fsp3) is 0.615. The number of rotatable bonds is 3. The van der Waals surface area contributed by atoms with Gasteiger partial charge in [0.05, 0.1) is 12.1 Å². The van der Waals surface area contributed by atoms with E-state index < -0.39 is 0 Å². The molecule has 3 nitrogen and oxygen atoms in total. The lowest BCUT2D eigenvalue weighted by molar-refractivity contribution is -0.124. The summed E-state index contributed by atoms with van der Waals surface area (Å²) < 4.78 is 0. The highest BCUT2D eigenvalue weighted by Gasteiger charge is 2.25. The van der Waals surface area contributed by atoms with Crippen molar-refractivity contribution < 1.29 is 4.79 Å². The number of amides is 1. The summed E-state index contributed by atoms with van der Waals surface area (Å²) in [5.74, 6) is 0.779. The molecular formula is C13H20N2OS. The first kappa shape index (κ1) is 12.6. The summed E-state index contributed by atoms with van der Waals surface area (Å²) in [7, 11) is 0. The van der Waals surface area contributed by atoms with Crippen molar-refractivity contribution >= 4 is 17.2 Å². The lowest BCUT2D eigenvalue weighted by Crippen LogP contribution is -2.48. The summed E-state index contributed by atoms with van der Waals surface area (Å²) in [6, 6.07) is 4.18. The monoisotopic (exact) mass is 252 g/mol. The quantitative estimate of drug-likeness (QED) is 0.867. The second-order valence-electron chi connectivity index (χ2n) is 4.88. The van der Waals surface area contributed by atoms with Gasteiger partial charge < -0.3 is 10.6 Å². The molecule has 1 aromatic heterocycles. The van der Waals surface area contributed by atoms with Crippen molar-refractivity contribution in [1.82, 2.24) is 10.6 Å². The van der Waals surface area contributed by atoms with Gasteiger partial charge in [-0.3, -0.25) is 4.79 Å². The van der Waals surface area contributed by atoms with Crippen molar-refractivity contribution in [2.75, 3.05) is 6.54 Å². The molecule has 3 atom stereocenters. The molecule has 0 saturated carbocycles. The highest BCUT2D eigenvalue weighted by Crippen LogP contribution is 2.20. The van der Waals surface area contributed by atoms with Crippen molar-refractivity contribution in [1.29, 1.82) is 0 Å². The second kappa shape index (κ2) is 5.65. The third-order valence-corrected chi connectivity index (χ3v) is 4.37. The van der Waals surface area contributed by atoms with Gasteiger partial charge in [-0.25, -0.2) is 0 Å². The van der Waals surface area contributed by atoms with Crippen molar-refractivity contribution in [2.45, 2.75) is 38.8 Å². The number of carbonyl (C=O) groups is 1.